The highest BCUT2D eigenvalue weighted by molar-refractivity contribution is 6.31. The second-order valence-corrected chi connectivity index (χ2v) is 5.92. The van der Waals surface area contributed by atoms with E-state index >= 15 is 0 Å². The summed E-state index contributed by atoms with van der Waals surface area (Å²) >= 11 is 5.81. The quantitative estimate of drug-likeness (QED) is 0.422. The molecule has 0 unspecified atom stereocenters. The number of hydrogen-bond acceptors (Lipinski definition) is 6. The topological polar surface area (TPSA) is 103 Å². The van der Waals surface area contributed by atoms with E-state index in [2.05, 4.69) is 0 Å². The first-order valence-electron chi connectivity index (χ1n) is 7.34. The number of phenolic OH excluding ortho intramolecular Hbond substituents is 1. The Morgan fingerprint density at radius 1 is 1.28 bits per heavy atom. The molecule has 128 valence electrons. The number of halogens is 1. The van der Waals surface area contributed by atoms with E-state index in [0.717, 1.165) is 0 Å². The molecule has 0 aliphatic heterocycles. The van der Waals surface area contributed by atoms with Gasteiger partial charge in [-0.05, 0) is 37.3 Å². The molecule has 1 heterocycles. The fourth-order valence-corrected chi connectivity index (χ4v) is 2.66. The lowest BCUT2D eigenvalue weighted by Crippen LogP contribution is -2.10. The van der Waals surface area contributed by atoms with Gasteiger partial charge in [-0.3, -0.25) is 0 Å². The minimum absolute atomic E-state index is 0.0127. The van der Waals surface area contributed by atoms with Crippen molar-refractivity contribution in [1.82, 2.24) is 0 Å². The van der Waals surface area contributed by atoms with Gasteiger partial charge in [0.15, 0.2) is 0 Å². The third-order valence-electron chi connectivity index (χ3n) is 3.81. The number of carbonyl (C=O) groups is 1. The van der Waals surface area contributed by atoms with E-state index < -0.39 is 11.6 Å². The van der Waals surface area contributed by atoms with Gasteiger partial charge in [-0.15, -0.1) is 0 Å². The van der Waals surface area contributed by atoms with Crippen LogP contribution in [0.1, 0.15) is 21.5 Å². The summed E-state index contributed by atoms with van der Waals surface area (Å²) in [5.74, 6) is -0.621. The maximum Gasteiger partial charge on any atom is 0.340 e. The van der Waals surface area contributed by atoms with Gasteiger partial charge in [-0.2, -0.15) is 0 Å². The highest BCUT2D eigenvalue weighted by Gasteiger charge is 2.15. The van der Waals surface area contributed by atoms with Crippen molar-refractivity contribution < 1.29 is 19.1 Å². The summed E-state index contributed by atoms with van der Waals surface area (Å²) in [4.78, 5) is 24.0. The van der Waals surface area contributed by atoms with Crippen LogP contribution in [0.15, 0.2) is 45.6 Å². The highest BCUT2D eigenvalue weighted by Crippen LogP contribution is 2.28. The number of nitrogen functional groups attached to an aromatic ring is 1. The lowest BCUT2D eigenvalue weighted by atomic mass is 10.1. The molecule has 0 fully saturated rings. The molecule has 0 spiro atoms. The Bertz CT molecular complexity index is 1040. The van der Waals surface area contributed by atoms with Gasteiger partial charge < -0.3 is 20.0 Å². The molecule has 0 amide bonds. The molecule has 1 aromatic heterocycles. The Hall–Kier alpha value is -2.99. The number of rotatable bonds is 3. The van der Waals surface area contributed by atoms with E-state index in [4.69, 9.17) is 26.5 Å². The molecule has 0 bridgehead atoms. The molecule has 0 aliphatic rings. The molecule has 0 saturated carbocycles. The van der Waals surface area contributed by atoms with Crippen LogP contribution in [0.3, 0.4) is 0 Å². The van der Waals surface area contributed by atoms with Crippen LogP contribution in [0.25, 0.3) is 11.0 Å². The van der Waals surface area contributed by atoms with Crippen LogP contribution < -0.4 is 11.4 Å². The third-order valence-corrected chi connectivity index (χ3v) is 4.05. The smallest absolute Gasteiger partial charge is 0.340 e. The second kappa shape index (κ2) is 6.49. The van der Waals surface area contributed by atoms with Crippen molar-refractivity contribution in [3.05, 3.63) is 68.5 Å². The average Bonchev–Trinajstić information content (AvgIpc) is 2.56. The van der Waals surface area contributed by atoms with Crippen LogP contribution in [0, 0.1) is 6.92 Å². The van der Waals surface area contributed by atoms with E-state index in [1.807, 2.05) is 0 Å². The zero-order valence-electron chi connectivity index (χ0n) is 13.2. The van der Waals surface area contributed by atoms with Crippen molar-refractivity contribution in [2.75, 3.05) is 5.73 Å². The molecule has 0 atom stereocenters. The number of benzene rings is 2. The summed E-state index contributed by atoms with van der Waals surface area (Å²) in [5, 5.41) is 10.7. The normalized spacial score (nSPS) is 10.8. The van der Waals surface area contributed by atoms with E-state index in [-0.39, 0.29) is 29.2 Å². The number of anilines is 1. The van der Waals surface area contributed by atoms with E-state index in [1.165, 1.54) is 30.3 Å². The Balaban J connectivity index is 1.92. The Labute approximate surface area is 147 Å². The fourth-order valence-electron chi connectivity index (χ4n) is 2.48. The van der Waals surface area contributed by atoms with Crippen LogP contribution in [0.5, 0.6) is 5.75 Å². The maximum absolute atomic E-state index is 12.2. The van der Waals surface area contributed by atoms with Gasteiger partial charge in [0.2, 0.25) is 0 Å². The SMILES string of the molecule is Cc1c(O)ccc2c(COC(=O)c3ccc(Cl)cc3N)cc(=O)oc12. The molecule has 3 N–H and O–H groups in total. The summed E-state index contributed by atoms with van der Waals surface area (Å²) in [7, 11) is 0. The second-order valence-electron chi connectivity index (χ2n) is 5.48. The van der Waals surface area contributed by atoms with Crippen molar-refractivity contribution in [2.24, 2.45) is 0 Å². The summed E-state index contributed by atoms with van der Waals surface area (Å²) in [6.45, 7) is 1.48. The molecule has 7 heteroatoms. The van der Waals surface area contributed by atoms with Gasteiger partial charge in [0, 0.05) is 33.3 Å². The van der Waals surface area contributed by atoms with Gasteiger partial charge in [0.1, 0.15) is 17.9 Å². The third kappa shape index (κ3) is 3.29. The fraction of sp³-hybridized carbons (Fsp3) is 0.111. The number of aromatic hydroxyl groups is 1. The van der Waals surface area contributed by atoms with Crippen LogP contribution in [-0.4, -0.2) is 11.1 Å². The molecule has 0 saturated heterocycles. The predicted molar refractivity (Wildman–Crippen MR) is 93.9 cm³/mol. The van der Waals surface area contributed by atoms with Crippen molar-refractivity contribution in [3.63, 3.8) is 0 Å². The highest BCUT2D eigenvalue weighted by atomic mass is 35.5. The van der Waals surface area contributed by atoms with Gasteiger partial charge in [0.05, 0.1) is 5.56 Å². The van der Waals surface area contributed by atoms with E-state index in [9.17, 15) is 14.7 Å². The Kier molecular flexibility index (Phi) is 4.37. The number of hydrogen-bond donors (Lipinski definition) is 2. The van der Waals surface area contributed by atoms with Crippen molar-refractivity contribution in [2.45, 2.75) is 13.5 Å². The average molecular weight is 360 g/mol. The lowest BCUT2D eigenvalue weighted by Gasteiger charge is -2.10. The zero-order valence-corrected chi connectivity index (χ0v) is 14.0. The zero-order chi connectivity index (χ0) is 18.1. The summed E-state index contributed by atoms with van der Waals surface area (Å²) < 4.78 is 10.4. The number of ether oxygens (including phenoxy) is 1. The van der Waals surface area contributed by atoms with Crippen LogP contribution in [0.4, 0.5) is 5.69 Å². The van der Waals surface area contributed by atoms with Gasteiger partial charge in [0.25, 0.3) is 0 Å². The number of aryl methyl sites for hydroxylation is 1. The van der Waals surface area contributed by atoms with Crippen LogP contribution in [-0.2, 0) is 11.3 Å². The maximum atomic E-state index is 12.2. The summed E-state index contributed by atoms with van der Waals surface area (Å²) in [6, 6.07) is 8.79. The molecule has 25 heavy (non-hydrogen) atoms. The largest absolute Gasteiger partial charge is 0.508 e. The molecular weight excluding hydrogens is 346 g/mol. The number of phenols is 1. The minimum Gasteiger partial charge on any atom is -0.508 e. The molecule has 2 aromatic carbocycles. The molecule has 6 nitrogen and oxygen atoms in total. The summed E-state index contributed by atoms with van der Waals surface area (Å²) in [6.07, 6.45) is 0. The first-order valence-corrected chi connectivity index (χ1v) is 7.72. The lowest BCUT2D eigenvalue weighted by molar-refractivity contribution is 0.0475. The number of carbonyl (C=O) groups excluding carboxylic acids is 1. The first-order chi connectivity index (χ1) is 11.9. The van der Waals surface area contributed by atoms with Crippen LogP contribution >= 0.6 is 11.6 Å². The van der Waals surface area contributed by atoms with E-state index in [0.29, 0.717) is 21.5 Å². The molecule has 3 aromatic rings. The van der Waals surface area contributed by atoms with Crippen molar-refractivity contribution in [3.8, 4) is 5.75 Å². The molecule has 0 radical (unpaired) electrons. The monoisotopic (exact) mass is 359 g/mol. The van der Waals surface area contributed by atoms with Gasteiger partial charge >= 0.3 is 11.6 Å². The standard InChI is InChI=1S/C18H14ClNO5/c1-9-15(21)5-4-12-10(6-16(22)25-17(9)12)8-24-18(23)13-3-2-11(19)7-14(13)20/h2-7,21H,8,20H2,1H3. The number of nitrogens with two attached hydrogens (primary N) is 1. The number of esters is 1. The predicted octanol–water partition coefficient (Wildman–Crippen LogP) is 3.40. The Morgan fingerprint density at radius 2 is 2.04 bits per heavy atom. The van der Waals surface area contributed by atoms with Gasteiger partial charge in [-0.25, -0.2) is 9.59 Å². The van der Waals surface area contributed by atoms with Crippen molar-refractivity contribution in [1.29, 1.82) is 0 Å². The molecule has 0 aliphatic carbocycles. The minimum atomic E-state index is -0.633. The Morgan fingerprint density at radius 3 is 2.76 bits per heavy atom. The molecular formula is C18H14ClNO5. The van der Waals surface area contributed by atoms with Crippen LogP contribution in [0.2, 0.25) is 5.02 Å². The first kappa shape index (κ1) is 16.9. The van der Waals surface area contributed by atoms with E-state index in [1.54, 1.807) is 13.0 Å². The summed E-state index contributed by atoms with van der Waals surface area (Å²) in [5.41, 5.74) is 6.71. The molecule has 3 rings (SSSR count). The van der Waals surface area contributed by atoms with Crippen molar-refractivity contribution >= 4 is 34.2 Å². The van der Waals surface area contributed by atoms with Gasteiger partial charge in [-0.1, -0.05) is 11.6 Å². The number of fused-ring (bicyclic) bond motifs is 1.